The van der Waals surface area contributed by atoms with Crippen molar-refractivity contribution in [3.8, 4) is 0 Å². The van der Waals surface area contributed by atoms with Crippen molar-refractivity contribution in [1.82, 2.24) is 14.8 Å². The van der Waals surface area contributed by atoms with E-state index < -0.39 is 0 Å². The fourth-order valence-electron chi connectivity index (χ4n) is 5.48. The van der Waals surface area contributed by atoms with Crippen LogP contribution in [0.1, 0.15) is 32.0 Å². The number of hydrogen-bond donors (Lipinski definition) is 1. The molecule has 23 heavy (non-hydrogen) atoms. The number of carbonyl (C=O) groups is 1. The Morgan fingerprint density at radius 2 is 1.87 bits per heavy atom. The second-order valence-electron chi connectivity index (χ2n) is 8.00. The number of aromatic amines is 1. The van der Waals surface area contributed by atoms with Gasteiger partial charge in [0, 0.05) is 48.8 Å². The Morgan fingerprint density at radius 3 is 2.57 bits per heavy atom. The molecule has 1 aromatic heterocycles. The number of rotatable bonds is 2. The van der Waals surface area contributed by atoms with Crippen LogP contribution >= 0.6 is 0 Å². The van der Waals surface area contributed by atoms with Crippen LogP contribution in [0.15, 0.2) is 30.5 Å². The van der Waals surface area contributed by atoms with E-state index in [1.165, 1.54) is 16.5 Å². The quantitative estimate of drug-likeness (QED) is 0.927. The molecular formula is C19H23N3O. The summed E-state index contributed by atoms with van der Waals surface area (Å²) < 4.78 is 0. The monoisotopic (exact) mass is 309 g/mol. The lowest BCUT2D eigenvalue weighted by Gasteiger charge is -2.65. The van der Waals surface area contributed by atoms with Crippen LogP contribution in [0.3, 0.4) is 0 Å². The number of nitrogens with one attached hydrogen (secondary N) is 1. The summed E-state index contributed by atoms with van der Waals surface area (Å²) in [6, 6.07) is 8.53. The van der Waals surface area contributed by atoms with Crippen molar-refractivity contribution < 1.29 is 4.79 Å². The summed E-state index contributed by atoms with van der Waals surface area (Å²) in [4.78, 5) is 21.5. The molecule has 4 heteroatoms. The highest BCUT2D eigenvalue weighted by Gasteiger charge is 2.63. The summed E-state index contributed by atoms with van der Waals surface area (Å²) in [6.07, 6.45) is 3.43. The molecule has 4 bridgehead atoms. The number of H-pyrrole nitrogens is 1. The lowest BCUT2D eigenvalue weighted by Crippen LogP contribution is -2.75. The van der Waals surface area contributed by atoms with Crippen molar-refractivity contribution in [2.45, 2.75) is 26.4 Å². The van der Waals surface area contributed by atoms with Crippen LogP contribution in [0.5, 0.6) is 0 Å². The van der Waals surface area contributed by atoms with Gasteiger partial charge in [0.15, 0.2) is 0 Å². The van der Waals surface area contributed by atoms with Gasteiger partial charge in [-0.15, -0.1) is 0 Å². The molecule has 4 nitrogen and oxygen atoms in total. The van der Waals surface area contributed by atoms with E-state index in [0.29, 0.717) is 11.9 Å². The van der Waals surface area contributed by atoms with Crippen LogP contribution < -0.4 is 0 Å². The SMILES string of the molecule is CCC12CN3CC(C)(CN(C1)C3c1c[nH]c3ccccc13)C2=O. The van der Waals surface area contributed by atoms with Gasteiger partial charge < -0.3 is 4.98 Å². The maximum atomic E-state index is 13.0. The Labute approximate surface area is 136 Å². The van der Waals surface area contributed by atoms with E-state index in [0.717, 1.165) is 32.6 Å². The highest BCUT2D eigenvalue weighted by atomic mass is 16.1. The van der Waals surface area contributed by atoms with E-state index in [1.807, 2.05) is 0 Å². The van der Waals surface area contributed by atoms with Crippen molar-refractivity contribution >= 4 is 16.7 Å². The molecule has 2 aromatic rings. The molecule has 4 aliphatic heterocycles. The van der Waals surface area contributed by atoms with Crippen molar-refractivity contribution in [2.75, 3.05) is 26.2 Å². The van der Waals surface area contributed by atoms with Gasteiger partial charge in [-0.3, -0.25) is 14.6 Å². The molecule has 1 N–H and O–H groups in total. The Balaban J connectivity index is 1.62. The third-order valence-corrected chi connectivity index (χ3v) is 6.41. The minimum Gasteiger partial charge on any atom is -0.361 e. The van der Waals surface area contributed by atoms with E-state index in [2.05, 4.69) is 59.1 Å². The summed E-state index contributed by atoms with van der Waals surface area (Å²) in [7, 11) is 0. The molecule has 0 radical (unpaired) electrons. The second kappa shape index (κ2) is 4.25. The van der Waals surface area contributed by atoms with Crippen LogP contribution in [0.4, 0.5) is 0 Å². The smallest absolute Gasteiger partial charge is 0.150 e. The normalized spacial score (nSPS) is 41.8. The van der Waals surface area contributed by atoms with Gasteiger partial charge in [-0.2, -0.15) is 0 Å². The zero-order valence-corrected chi connectivity index (χ0v) is 13.8. The fourth-order valence-corrected chi connectivity index (χ4v) is 5.48. The van der Waals surface area contributed by atoms with Gasteiger partial charge >= 0.3 is 0 Å². The molecule has 2 unspecified atom stereocenters. The third kappa shape index (κ3) is 1.60. The van der Waals surface area contributed by atoms with Crippen LogP contribution in [-0.2, 0) is 4.79 Å². The summed E-state index contributed by atoms with van der Waals surface area (Å²) in [5.41, 5.74) is 2.23. The number of hydrogen-bond acceptors (Lipinski definition) is 3. The number of carbonyl (C=O) groups excluding carboxylic acids is 1. The first-order chi connectivity index (χ1) is 11.1. The Hall–Kier alpha value is -1.65. The molecule has 1 aromatic carbocycles. The zero-order valence-electron chi connectivity index (χ0n) is 13.8. The first kappa shape index (κ1) is 13.8. The Morgan fingerprint density at radius 1 is 1.17 bits per heavy atom. The molecule has 0 amide bonds. The summed E-state index contributed by atoms with van der Waals surface area (Å²) in [5.74, 6) is 0.511. The van der Waals surface area contributed by atoms with E-state index in [1.54, 1.807) is 0 Å². The predicted octanol–water partition coefficient (Wildman–Crippen LogP) is 2.78. The predicted molar refractivity (Wildman–Crippen MR) is 90.0 cm³/mol. The van der Waals surface area contributed by atoms with Crippen LogP contribution in [-0.4, -0.2) is 46.7 Å². The molecule has 5 heterocycles. The fraction of sp³-hybridized carbons (Fsp3) is 0.526. The first-order valence-corrected chi connectivity index (χ1v) is 8.65. The minimum absolute atomic E-state index is 0.145. The van der Waals surface area contributed by atoms with Gasteiger partial charge in [-0.1, -0.05) is 32.0 Å². The largest absolute Gasteiger partial charge is 0.361 e. The molecule has 6 rings (SSSR count). The number of nitrogens with zero attached hydrogens (tertiary/aromatic N) is 2. The van der Waals surface area contributed by atoms with Gasteiger partial charge in [0.05, 0.1) is 17.0 Å². The highest BCUT2D eigenvalue weighted by Crippen LogP contribution is 2.53. The van der Waals surface area contributed by atoms with Crippen molar-refractivity contribution in [1.29, 1.82) is 0 Å². The molecular weight excluding hydrogens is 286 g/mol. The maximum Gasteiger partial charge on any atom is 0.150 e. The standard InChI is InChI=1S/C19H23N3O/c1-3-19-11-21-9-18(2,17(19)23)10-22(12-19)16(21)14-8-20-15-7-5-4-6-13(14)15/h4-8,16,20H,3,9-12H2,1-2H3. The Kier molecular flexibility index (Phi) is 2.54. The van der Waals surface area contributed by atoms with Crippen LogP contribution in [0.2, 0.25) is 0 Å². The van der Waals surface area contributed by atoms with E-state index >= 15 is 0 Å². The number of piperidine rings is 2. The summed E-state index contributed by atoms with van der Waals surface area (Å²) in [6.45, 7) is 7.97. The molecule has 0 saturated carbocycles. The van der Waals surface area contributed by atoms with Gasteiger partial charge in [0.1, 0.15) is 5.78 Å². The van der Waals surface area contributed by atoms with Crippen molar-refractivity contribution in [3.05, 3.63) is 36.0 Å². The second-order valence-corrected chi connectivity index (χ2v) is 8.00. The number of benzene rings is 1. The molecule has 4 aliphatic rings. The molecule has 4 saturated heterocycles. The molecule has 0 spiro atoms. The van der Waals surface area contributed by atoms with Gasteiger partial charge in [0.25, 0.3) is 0 Å². The van der Waals surface area contributed by atoms with Gasteiger partial charge in [-0.25, -0.2) is 0 Å². The molecule has 4 fully saturated rings. The molecule has 120 valence electrons. The average molecular weight is 309 g/mol. The van der Waals surface area contributed by atoms with E-state index in [4.69, 9.17) is 0 Å². The number of ketones is 1. The molecule has 0 aliphatic carbocycles. The summed E-state index contributed by atoms with van der Waals surface area (Å²) >= 11 is 0. The number of fused-ring (bicyclic) bond motifs is 1. The van der Waals surface area contributed by atoms with Gasteiger partial charge in [0.2, 0.25) is 0 Å². The van der Waals surface area contributed by atoms with Crippen LogP contribution in [0.25, 0.3) is 10.9 Å². The lowest BCUT2D eigenvalue weighted by atomic mass is 9.60. The first-order valence-electron chi connectivity index (χ1n) is 8.65. The number of para-hydroxylation sites is 1. The zero-order chi connectivity index (χ0) is 15.8. The number of aromatic nitrogens is 1. The average Bonchev–Trinajstić information content (AvgIpc) is 2.95. The number of Topliss-reactive ketones (excluding diaryl/α,β-unsaturated/α-hetero) is 1. The summed E-state index contributed by atoms with van der Waals surface area (Å²) in [5, 5.41) is 1.31. The highest BCUT2D eigenvalue weighted by molar-refractivity contribution is 5.93. The minimum atomic E-state index is -0.185. The lowest BCUT2D eigenvalue weighted by molar-refractivity contribution is -0.200. The van der Waals surface area contributed by atoms with E-state index in [9.17, 15) is 4.79 Å². The van der Waals surface area contributed by atoms with Crippen LogP contribution in [0, 0.1) is 10.8 Å². The van der Waals surface area contributed by atoms with E-state index in [-0.39, 0.29) is 10.8 Å². The van der Waals surface area contributed by atoms with Gasteiger partial charge in [-0.05, 0) is 12.5 Å². The van der Waals surface area contributed by atoms with Crippen molar-refractivity contribution in [3.63, 3.8) is 0 Å². The van der Waals surface area contributed by atoms with Crippen molar-refractivity contribution in [2.24, 2.45) is 10.8 Å². The topological polar surface area (TPSA) is 39.3 Å². The Bertz CT molecular complexity index is 792. The maximum absolute atomic E-state index is 13.0. The third-order valence-electron chi connectivity index (χ3n) is 6.41. The molecule has 2 atom stereocenters.